The highest BCUT2D eigenvalue weighted by molar-refractivity contribution is 7.15. The van der Waals surface area contributed by atoms with E-state index >= 15 is 0 Å². The largest absolute Gasteiger partial charge is 0.354 e. The molecule has 1 amide bonds. The number of amides is 1. The maximum Gasteiger partial charge on any atom is 0.222 e. The fraction of sp³-hybridized carbons (Fsp3) is 0.789. The summed E-state index contributed by atoms with van der Waals surface area (Å²) in [7, 11) is 4.09. The molecule has 3 rings (SSSR count). The van der Waals surface area contributed by atoms with Gasteiger partial charge in [-0.2, -0.15) is 0 Å². The van der Waals surface area contributed by atoms with E-state index in [0.717, 1.165) is 57.0 Å². The number of piperidine rings is 2. The summed E-state index contributed by atoms with van der Waals surface area (Å²) in [6, 6.07) is 0. The van der Waals surface area contributed by atoms with E-state index in [4.69, 9.17) is 0 Å². The Morgan fingerprint density at radius 2 is 2.16 bits per heavy atom. The molecule has 6 heteroatoms. The minimum atomic E-state index is 0.314. The smallest absolute Gasteiger partial charge is 0.222 e. The Kier molecular flexibility index (Phi) is 6.00. The Bertz CT molecular complexity index is 588. The fourth-order valence-electron chi connectivity index (χ4n) is 4.23. The fourth-order valence-corrected chi connectivity index (χ4v) is 5.11. The summed E-state index contributed by atoms with van der Waals surface area (Å²) < 4.78 is 0. The van der Waals surface area contributed by atoms with Gasteiger partial charge in [0.2, 0.25) is 5.91 Å². The van der Waals surface area contributed by atoms with Crippen LogP contribution in [0.5, 0.6) is 0 Å². The standard InChI is InChI=1S/C19H32N4OS/c1-4-5-11-23-15-19(9-7-17(23)24)8-6-10-22(14-19)13-16-12-20-18(25-16)21(2)3/h12H,4-11,13-15H2,1-3H3/t19-/m0/s1. The lowest BCUT2D eigenvalue weighted by Crippen LogP contribution is -2.53. The molecule has 25 heavy (non-hydrogen) atoms. The molecule has 3 heterocycles. The molecule has 0 aromatic carbocycles. The van der Waals surface area contributed by atoms with E-state index in [1.807, 2.05) is 20.3 Å². The summed E-state index contributed by atoms with van der Waals surface area (Å²) in [5.74, 6) is 0.370. The van der Waals surface area contributed by atoms with Crippen molar-refractivity contribution < 1.29 is 4.79 Å². The third-order valence-electron chi connectivity index (χ3n) is 5.57. The summed E-state index contributed by atoms with van der Waals surface area (Å²) >= 11 is 1.79. The van der Waals surface area contributed by atoms with Gasteiger partial charge in [0.25, 0.3) is 0 Å². The second kappa shape index (κ2) is 8.04. The maximum atomic E-state index is 12.3. The molecule has 0 bridgehead atoms. The van der Waals surface area contributed by atoms with Crippen molar-refractivity contribution in [2.75, 3.05) is 45.2 Å². The Hall–Kier alpha value is -1.14. The van der Waals surface area contributed by atoms with E-state index in [-0.39, 0.29) is 0 Å². The Labute approximate surface area is 156 Å². The van der Waals surface area contributed by atoms with Crippen molar-refractivity contribution in [3.63, 3.8) is 0 Å². The molecule has 1 aromatic rings. The van der Waals surface area contributed by atoms with Crippen LogP contribution in [0.15, 0.2) is 6.20 Å². The predicted octanol–water partition coefficient (Wildman–Crippen LogP) is 3.21. The summed E-state index contributed by atoms with van der Waals surface area (Å²) in [6.07, 6.45) is 8.63. The lowest BCUT2D eigenvalue weighted by atomic mass is 9.73. The highest BCUT2D eigenvalue weighted by Gasteiger charge is 2.41. The van der Waals surface area contributed by atoms with Crippen LogP contribution in [-0.2, 0) is 11.3 Å². The van der Waals surface area contributed by atoms with E-state index in [0.29, 0.717) is 11.3 Å². The van der Waals surface area contributed by atoms with Crippen LogP contribution in [0.1, 0.15) is 50.3 Å². The van der Waals surface area contributed by atoms with E-state index in [9.17, 15) is 4.79 Å². The van der Waals surface area contributed by atoms with Crippen LogP contribution in [0, 0.1) is 5.41 Å². The minimum absolute atomic E-state index is 0.314. The number of carbonyl (C=O) groups excluding carboxylic acids is 1. The second-order valence-electron chi connectivity index (χ2n) is 7.99. The van der Waals surface area contributed by atoms with Crippen molar-refractivity contribution in [3.8, 4) is 0 Å². The van der Waals surface area contributed by atoms with Crippen LogP contribution in [0.3, 0.4) is 0 Å². The predicted molar refractivity (Wildman–Crippen MR) is 104 cm³/mol. The zero-order chi connectivity index (χ0) is 17.9. The summed E-state index contributed by atoms with van der Waals surface area (Å²) in [6.45, 7) is 7.39. The Morgan fingerprint density at radius 1 is 1.32 bits per heavy atom. The minimum Gasteiger partial charge on any atom is -0.354 e. The zero-order valence-corrected chi connectivity index (χ0v) is 16.8. The van der Waals surface area contributed by atoms with Gasteiger partial charge in [-0.05, 0) is 32.2 Å². The monoisotopic (exact) mass is 364 g/mol. The van der Waals surface area contributed by atoms with Crippen LogP contribution in [0.25, 0.3) is 0 Å². The van der Waals surface area contributed by atoms with Crippen molar-refractivity contribution in [3.05, 3.63) is 11.1 Å². The van der Waals surface area contributed by atoms with Gasteiger partial charge in [-0.25, -0.2) is 4.98 Å². The van der Waals surface area contributed by atoms with Gasteiger partial charge in [0.15, 0.2) is 5.13 Å². The number of nitrogens with zero attached hydrogens (tertiary/aromatic N) is 4. The first-order valence-electron chi connectivity index (χ1n) is 9.63. The van der Waals surface area contributed by atoms with Gasteiger partial charge >= 0.3 is 0 Å². The molecule has 0 saturated carbocycles. The first kappa shape index (κ1) is 18.6. The maximum absolute atomic E-state index is 12.3. The van der Waals surface area contributed by atoms with Gasteiger partial charge < -0.3 is 9.80 Å². The molecule has 1 spiro atoms. The van der Waals surface area contributed by atoms with E-state index < -0.39 is 0 Å². The number of thiazole rings is 1. The van der Waals surface area contributed by atoms with Crippen molar-refractivity contribution in [2.45, 2.75) is 52.0 Å². The van der Waals surface area contributed by atoms with Gasteiger partial charge in [-0.15, -0.1) is 11.3 Å². The number of unbranched alkanes of at least 4 members (excludes halogenated alkanes) is 1. The van der Waals surface area contributed by atoms with Crippen molar-refractivity contribution in [1.29, 1.82) is 0 Å². The molecule has 140 valence electrons. The first-order valence-corrected chi connectivity index (χ1v) is 10.5. The van der Waals surface area contributed by atoms with Crippen molar-refractivity contribution in [1.82, 2.24) is 14.8 Å². The Balaban J connectivity index is 1.62. The molecule has 2 aliphatic heterocycles. The normalized spacial score (nSPS) is 24.9. The highest BCUT2D eigenvalue weighted by atomic mass is 32.1. The number of anilines is 1. The molecule has 0 N–H and O–H groups in total. The lowest BCUT2D eigenvalue weighted by molar-refractivity contribution is -0.139. The van der Waals surface area contributed by atoms with E-state index in [2.05, 4.69) is 26.6 Å². The zero-order valence-electron chi connectivity index (χ0n) is 16.0. The molecule has 0 aliphatic carbocycles. The highest BCUT2D eigenvalue weighted by Crippen LogP contribution is 2.39. The number of hydrogen-bond donors (Lipinski definition) is 0. The molecular formula is C19H32N4OS. The van der Waals surface area contributed by atoms with Crippen molar-refractivity contribution in [2.24, 2.45) is 5.41 Å². The summed E-state index contributed by atoms with van der Waals surface area (Å²) in [5.41, 5.74) is 0.314. The summed E-state index contributed by atoms with van der Waals surface area (Å²) in [4.78, 5) is 24.9. The summed E-state index contributed by atoms with van der Waals surface area (Å²) in [5, 5.41) is 1.08. The lowest BCUT2D eigenvalue weighted by Gasteiger charge is -2.48. The topological polar surface area (TPSA) is 39.7 Å². The molecule has 1 atom stereocenters. The van der Waals surface area contributed by atoms with Gasteiger partial charge in [-0.3, -0.25) is 9.69 Å². The van der Waals surface area contributed by atoms with E-state index in [1.54, 1.807) is 11.3 Å². The molecule has 2 aliphatic rings. The van der Waals surface area contributed by atoms with Gasteiger partial charge in [-0.1, -0.05) is 13.3 Å². The van der Waals surface area contributed by atoms with Gasteiger partial charge in [0.1, 0.15) is 0 Å². The number of rotatable bonds is 6. The van der Waals surface area contributed by atoms with Gasteiger partial charge in [0, 0.05) is 63.2 Å². The molecule has 5 nitrogen and oxygen atoms in total. The quantitative estimate of drug-likeness (QED) is 0.777. The van der Waals surface area contributed by atoms with Crippen LogP contribution >= 0.6 is 11.3 Å². The van der Waals surface area contributed by atoms with Gasteiger partial charge in [0.05, 0.1) is 0 Å². The van der Waals surface area contributed by atoms with Crippen LogP contribution in [-0.4, -0.2) is 61.0 Å². The molecule has 2 fully saturated rings. The molecule has 0 radical (unpaired) electrons. The first-order chi connectivity index (χ1) is 12.0. The molecular weight excluding hydrogens is 332 g/mol. The number of carbonyl (C=O) groups is 1. The average molecular weight is 365 g/mol. The number of hydrogen-bond acceptors (Lipinski definition) is 5. The molecule has 2 saturated heterocycles. The van der Waals surface area contributed by atoms with Crippen LogP contribution in [0.4, 0.5) is 5.13 Å². The van der Waals surface area contributed by atoms with Crippen LogP contribution in [0.2, 0.25) is 0 Å². The third-order valence-corrected chi connectivity index (χ3v) is 6.72. The average Bonchev–Trinajstić information content (AvgIpc) is 3.05. The second-order valence-corrected chi connectivity index (χ2v) is 9.08. The third kappa shape index (κ3) is 4.53. The molecule has 1 aromatic heterocycles. The van der Waals surface area contributed by atoms with Crippen LogP contribution < -0.4 is 4.90 Å². The van der Waals surface area contributed by atoms with E-state index in [1.165, 1.54) is 24.3 Å². The molecule has 0 unspecified atom stereocenters. The Morgan fingerprint density at radius 3 is 2.88 bits per heavy atom. The SMILES string of the molecule is CCCCN1C[C@@]2(CCCN(Cc3cnc(N(C)C)s3)C2)CCC1=O. The number of aromatic nitrogens is 1. The number of likely N-dealkylation sites (tertiary alicyclic amines) is 2. The van der Waals surface area contributed by atoms with Crippen molar-refractivity contribution >= 4 is 22.4 Å².